The Bertz CT molecular complexity index is 633. The lowest BCUT2D eigenvalue weighted by molar-refractivity contribution is -0.0564. The average molecular weight is 341 g/mol. The predicted molar refractivity (Wildman–Crippen MR) is 97.2 cm³/mol. The predicted octanol–water partition coefficient (Wildman–Crippen LogP) is 3.51. The van der Waals surface area contributed by atoms with E-state index in [0.29, 0.717) is 16.7 Å². The highest BCUT2D eigenvalue weighted by Gasteiger charge is 2.50. The van der Waals surface area contributed by atoms with Crippen LogP contribution >= 0.6 is 0 Å². The van der Waals surface area contributed by atoms with Gasteiger partial charge in [-0.2, -0.15) is 0 Å². The third-order valence-corrected chi connectivity index (χ3v) is 6.52. The van der Waals surface area contributed by atoms with Gasteiger partial charge in [0.05, 0.1) is 0 Å². The molecule has 5 rings (SSSR count). The van der Waals surface area contributed by atoms with Crippen molar-refractivity contribution in [2.45, 2.75) is 44.9 Å². The van der Waals surface area contributed by atoms with Crippen molar-refractivity contribution in [3.05, 3.63) is 29.8 Å². The molecule has 4 bridgehead atoms. The molecule has 3 amide bonds. The number of carbonyl (C=O) groups excluding carboxylic acids is 2. The van der Waals surface area contributed by atoms with Crippen molar-refractivity contribution in [1.82, 2.24) is 5.32 Å². The van der Waals surface area contributed by atoms with Crippen LogP contribution in [0, 0.1) is 23.2 Å². The van der Waals surface area contributed by atoms with Crippen LogP contribution in [0.4, 0.5) is 10.5 Å². The van der Waals surface area contributed by atoms with E-state index in [1.54, 1.807) is 24.3 Å². The van der Waals surface area contributed by atoms with Crippen molar-refractivity contribution >= 4 is 17.6 Å². The molecule has 25 heavy (non-hydrogen) atoms. The number of urea groups is 1. The topological polar surface area (TPSA) is 84.2 Å². The smallest absolute Gasteiger partial charge is 0.316 e. The SMILES string of the molecule is NC(=O)Nc1ccc(C(=O)NCCC23CC4CC(CC(C4)C2)C3)cc1. The van der Waals surface area contributed by atoms with Gasteiger partial charge in [-0.15, -0.1) is 0 Å². The molecule has 1 aromatic rings. The van der Waals surface area contributed by atoms with Crippen molar-refractivity contribution in [3.63, 3.8) is 0 Å². The number of rotatable bonds is 5. The van der Waals surface area contributed by atoms with Crippen LogP contribution in [0.15, 0.2) is 24.3 Å². The summed E-state index contributed by atoms with van der Waals surface area (Å²) in [6, 6.07) is 6.21. The zero-order valence-electron chi connectivity index (χ0n) is 14.6. The summed E-state index contributed by atoms with van der Waals surface area (Å²) in [6.45, 7) is 0.756. The van der Waals surface area contributed by atoms with E-state index in [0.717, 1.165) is 30.7 Å². The van der Waals surface area contributed by atoms with Crippen LogP contribution in [0.2, 0.25) is 0 Å². The van der Waals surface area contributed by atoms with Crippen molar-refractivity contribution in [2.75, 3.05) is 11.9 Å². The molecule has 4 N–H and O–H groups in total. The Hall–Kier alpha value is -2.04. The van der Waals surface area contributed by atoms with E-state index >= 15 is 0 Å². The lowest BCUT2D eigenvalue weighted by atomic mass is 9.49. The Morgan fingerprint density at radius 1 is 1.00 bits per heavy atom. The summed E-state index contributed by atoms with van der Waals surface area (Å²) in [4.78, 5) is 23.2. The second-order valence-electron chi connectivity index (χ2n) is 8.49. The fourth-order valence-electron chi connectivity index (χ4n) is 5.99. The van der Waals surface area contributed by atoms with Gasteiger partial charge >= 0.3 is 6.03 Å². The van der Waals surface area contributed by atoms with Crippen LogP contribution in [0.25, 0.3) is 0 Å². The first-order chi connectivity index (χ1) is 12.0. The zero-order valence-corrected chi connectivity index (χ0v) is 14.6. The Morgan fingerprint density at radius 3 is 2.08 bits per heavy atom. The van der Waals surface area contributed by atoms with Crippen LogP contribution in [0.3, 0.4) is 0 Å². The minimum atomic E-state index is -0.604. The number of amides is 3. The maximum atomic E-state index is 12.3. The number of nitrogens with one attached hydrogen (secondary N) is 2. The summed E-state index contributed by atoms with van der Waals surface area (Å²) in [5.74, 6) is 2.81. The maximum absolute atomic E-state index is 12.3. The molecule has 0 aliphatic heterocycles. The van der Waals surface area contributed by atoms with Crippen LogP contribution < -0.4 is 16.4 Å². The van der Waals surface area contributed by atoms with E-state index in [9.17, 15) is 9.59 Å². The third kappa shape index (κ3) is 3.51. The van der Waals surface area contributed by atoms with Gasteiger partial charge in [0.15, 0.2) is 0 Å². The number of hydrogen-bond donors (Lipinski definition) is 3. The monoisotopic (exact) mass is 341 g/mol. The van der Waals surface area contributed by atoms with Gasteiger partial charge in [-0.3, -0.25) is 4.79 Å². The maximum Gasteiger partial charge on any atom is 0.316 e. The lowest BCUT2D eigenvalue weighted by Crippen LogP contribution is -2.47. The minimum Gasteiger partial charge on any atom is -0.352 e. The molecular weight excluding hydrogens is 314 g/mol. The first-order valence-electron chi connectivity index (χ1n) is 9.46. The molecule has 0 spiro atoms. The van der Waals surface area contributed by atoms with E-state index in [1.165, 1.54) is 38.5 Å². The van der Waals surface area contributed by atoms with E-state index < -0.39 is 6.03 Å². The molecule has 4 aliphatic carbocycles. The second kappa shape index (κ2) is 6.36. The number of benzene rings is 1. The number of carbonyl (C=O) groups is 2. The fraction of sp³-hybridized carbons (Fsp3) is 0.600. The summed E-state index contributed by atoms with van der Waals surface area (Å²) in [5.41, 5.74) is 6.79. The molecule has 0 atom stereocenters. The molecule has 0 radical (unpaired) electrons. The Kier molecular flexibility index (Phi) is 4.18. The molecule has 1 aromatic carbocycles. The van der Waals surface area contributed by atoms with Gasteiger partial charge in [0.2, 0.25) is 0 Å². The van der Waals surface area contributed by atoms with E-state index in [4.69, 9.17) is 5.73 Å². The van der Waals surface area contributed by atoms with Crippen LogP contribution in [0.5, 0.6) is 0 Å². The molecule has 4 saturated carbocycles. The summed E-state index contributed by atoms with van der Waals surface area (Å²) >= 11 is 0. The van der Waals surface area contributed by atoms with Crippen molar-refractivity contribution in [2.24, 2.45) is 28.9 Å². The van der Waals surface area contributed by atoms with Gasteiger partial charge in [0.1, 0.15) is 0 Å². The normalized spacial score (nSPS) is 32.4. The molecule has 5 nitrogen and oxygen atoms in total. The Morgan fingerprint density at radius 2 is 1.56 bits per heavy atom. The van der Waals surface area contributed by atoms with E-state index in [1.807, 2.05) is 0 Å². The fourth-order valence-corrected chi connectivity index (χ4v) is 5.99. The van der Waals surface area contributed by atoms with E-state index in [-0.39, 0.29) is 5.91 Å². The van der Waals surface area contributed by atoms with Crippen molar-refractivity contribution in [1.29, 1.82) is 0 Å². The molecule has 0 aromatic heterocycles. The first kappa shape index (κ1) is 16.4. The molecule has 134 valence electrons. The first-order valence-corrected chi connectivity index (χ1v) is 9.46. The molecule has 5 heteroatoms. The van der Waals surface area contributed by atoms with Crippen LogP contribution in [-0.4, -0.2) is 18.5 Å². The third-order valence-electron chi connectivity index (χ3n) is 6.52. The zero-order chi connectivity index (χ0) is 17.4. The quantitative estimate of drug-likeness (QED) is 0.765. The van der Waals surface area contributed by atoms with Gasteiger partial charge in [0.25, 0.3) is 5.91 Å². The molecular formula is C20H27N3O2. The molecule has 4 fully saturated rings. The number of anilines is 1. The number of primary amides is 1. The highest BCUT2D eigenvalue weighted by atomic mass is 16.2. The Balaban J connectivity index is 1.30. The molecule has 0 unspecified atom stereocenters. The van der Waals surface area contributed by atoms with Gasteiger partial charge in [-0.1, -0.05) is 0 Å². The molecule has 0 heterocycles. The van der Waals surface area contributed by atoms with Crippen molar-refractivity contribution in [3.8, 4) is 0 Å². The van der Waals surface area contributed by atoms with Gasteiger partial charge in [-0.25, -0.2) is 4.79 Å². The van der Waals surface area contributed by atoms with Gasteiger partial charge in [0, 0.05) is 17.8 Å². The highest BCUT2D eigenvalue weighted by Crippen LogP contribution is 2.61. The summed E-state index contributed by atoms with van der Waals surface area (Å²) in [6.07, 6.45) is 9.61. The van der Waals surface area contributed by atoms with Crippen LogP contribution in [-0.2, 0) is 0 Å². The second-order valence-corrected chi connectivity index (χ2v) is 8.49. The van der Waals surface area contributed by atoms with Crippen LogP contribution in [0.1, 0.15) is 55.3 Å². The minimum absolute atomic E-state index is 0.0460. The average Bonchev–Trinajstić information content (AvgIpc) is 2.53. The summed E-state index contributed by atoms with van der Waals surface area (Å²) < 4.78 is 0. The summed E-state index contributed by atoms with van der Waals surface area (Å²) in [7, 11) is 0. The van der Waals surface area contributed by atoms with Crippen molar-refractivity contribution < 1.29 is 9.59 Å². The van der Waals surface area contributed by atoms with Gasteiger partial charge < -0.3 is 16.4 Å². The van der Waals surface area contributed by atoms with Gasteiger partial charge in [-0.05, 0) is 92.4 Å². The largest absolute Gasteiger partial charge is 0.352 e. The number of hydrogen-bond acceptors (Lipinski definition) is 2. The van der Waals surface area contributed by atoms with E-state index in [2.05, 4.69) is 10.6 Å². The number of nitrogens with two attached hydrogens (primary N) is 1. The summed E-state index contributed by atoms with van der Waals surface area (Å²) in [5, 5.41) is 5.58. The molecule has 0 saturated heterocycles. The Labute approximate surface area is 148 Å². The molecule has 4 aliphatic rings. The lowest BCUT2D eigenvalue weighted by Gasteiger charge is -2.57. The standard InChI is InChI=1S/C20H27N3O2/c21-19(25)23-17-3-1-16(2-4-17)18(24)22-6-5-20-10-13-7-14(11-20)9-15(8-13)12-20/h1-4,13-15H,5-12H2,(H,22,24)(H3,21,23,25). The highest BCUT2D eigenvalue weighted by molar-refractivity contribution is 5.95.